The van der Waals surface area contributed by atoms with E-state index in [2.05, 4.69) is 5.73 Å². The van der Waals surface area contributed by atoms with E-state index >= 15 is 0 Å². The Kier molecular flexibility index (Phi) is 8.12. The Labute approximate surface area is 120 Å². The molecule has 0 saturated heterocycles. The second-order valence-corrected chi connectivity index (χ2v) is 4.74. The summed E-state index contributed by atoms with van der Waals surface area (Å²) in [7, 11) is 0. The van der Waals surface area contributed by atoms with E-state index in [1.54, 1.807) is 0 Å². The molecule has 0 radical (unpaired) electrons. The summed E-state index contributed by atoms with van der Waals surface area (Å²) in [6.07, 6.45) is 1.45. The Morgan fingerprint density at radius 2 is 1.84 bits per heavy atom. The van der Waals surface area contributed by atoms with Crippen LogP contribution < -0.4 is 18.1 Å². The normalized spacial score (nSPS) is 11.8. The summed E-state index contributed by atoms with van der Waals surface area (Å²) in [5.41, 5.74) is 6.54. The highest BCUT2D eigenvalue weighted by Gasteiger charge is 2.18. The maximum Gasteiger partial charge on any atom is 0.331 e. The van der Waals surface area contributed by atoms with E-state index in [1.807, 2.05) is 44.2 Å². The molecule has 0 spiro atoms. The minimum atomic E-state index is -0.801. The average Bonchev–Trinajstić information content (AvgIpc) is 2.29. The maximum absolute atomic E-state index is 11.4. The third-order valence-electron chi connectivity index (χ3n) is 2.93. The monoisotopic (exact) mass is 283 g/mol. The van der Waals surface area contributed by atoms with Gasteiger partial charge in [0.25, 0.3) is 0 Å². The molecule has 19 heavy (non-hydrogen) atoms. The summed E-state index contributed by atoms with van der Waals surface area (Å²) < 4.78 is 0. The fourth-order valence-corrected chi connectivity index (χ4v) is 2.18. The number of hydrogen-bond donors (Lipinski definition) is 2. The van der Waals surface area contributed by atoms with E-state index in [1.165, 1.54) is 0 Å². The topological polar surface area (TPSA) is 64.9 Å². The van der Waals surface area contributed by atoms with Gasteiger partial charge < -0.3 is 23.2 Å². The van der Waals surface area contributed by atoms with Crippen LogP contribution in [0.1, 0.15) is 25.8 Å². The van der Waals surface area contributed by atoms with Crippen molar-refractivity contribution in [3.63, 3.8) is 0 Å². The number of carboxylic acids is 1. The van der Waals surface area contributed by atoms with Gasteiger partial charge in [-0.15, -0.1) is 0 Å². The van der Waals surface area contributed by atoms with Gasteiger partial charge in [-0.05, 0) is 23.5 Å². The molecule has 0 aliphatic carbocycles. The second-order valence-electron chi connectivity index (χ2n) is 4.74. The van der Waals surface area contributed by atoms with Crippen LogP contribution in [-0.2, 0) is 11.2 Å². The van der Waals surface area contributed by atoms with Gasteiger partial charge in [0.1, 0.15) is 0 Å². The van der Waals surface area contributed by atoms with E-state index in [0.29, 0.717) is 12.0 Å². The first kappa shape index (κ1) is 17.7. The number of carboxylic acid groups (broad SMARTS) is 1. The van der Waals surface area contributed by atoms with Crippen molar-refractivity contribution in [2.75, 3.05) is 6.54 Å². The molecule has 0 amide bonds. The first-order valence-corrected chi connectivity index (χ1v) is 6.34. The lowest BCUT2D eigenvalue weighted by molar-refractivity contribution is -0.366. The molecule has 106 valence electrons. The molecule has 1 aromatic rings. The van der Waals surface area contributed by atoms with Crippen molar-refractivity contribution >= 4 is 5.97 Å². The lowest BCUT2D eigenvalue weighted by atomic mass is 9.91. The smallest absolute Gasteiger partial charge is 0.331 e. The fraction of sp³-hybridized carbons (Fsp3) is 0.400. The predicted octanol–water partition coefficient (Wildman–Crippen LogP) is -1.10. The highest BCUT2D eigenvalue weighted by atomic mass is 35.5. The third-order valence-corrected chi connectivity index (χ3v) is 2.93. The van der Waals surface area contributed by atoms with Gasteiger partial charge in [-0.1, -0.05) is 44.2 Å². The van der Waals surface area contributed by atoms with Crippen LogP contribution in [0.3, 0.4) is 0 Å². The van der Waals surface area contributed by atoms with Crippen LogP contribution in [0.4, 0.5) is 0 Å². The molecule has 0 fully saturated rings. The van der Waals surface area contributed by atoms with Gasteiger partial charge >= 0.3 is 5.97 Å². The van der Waals surface area contributed by atoms with Crippen molar-refractivity contribution in [2.24, 2.45) is 5.92 Å². The number of quaternary nitrogens is 1. The molecule has 0 aliphatic heterocycles. The molecule has 0 bridgehead atoms. The minimum absolute atomic E-state index is 0. The fourth-order valence-electron chi connectivity index (χ4n) is 2.18. The molecule has 4 heteroatoms. The van der Waals surface area contributed by atoms with E-state index in [-0.39, 0.29) is 18.3 Å². The lowest BCUT2D eigenvalue weighted by Gasteiger charge is -2.14. The summed E-state index contributed by atoms with van der Waals surface area (Å²) in [4.78, 5) is 11.4. The largest absolute Gasteiger partial charge is 1.00 e. The average molecular weight is 284 g/mol. The molecular weight excluding hydrogens is 262 g/mol. The summed E-state index contributed by atoms with van der Waals surface area (Å²) in [6, 6.07) is 9.99. The van der Waals surface area contributed by atoms with E-state index in [4.69, 9.17) is 0 Å². The molecule has 0 unspecified atom stereocenters. The molecule has 4 N–H and O–H groups in total. The second kappa shape index (κ2) is 8.73. The Bertz CT molecular complexity index is 427. The van der Waals surface area contributed by atoms with Gasteiger partial charge in [-0.25, -0.2) is 4.79 Å². The van der Waals surface area contributed by atoms with Crippen LogP contribution in [0.5, 0.6) is 0 Å². The van der Waals surface area contributed by atoms with Crippen LogP contribution in [0, 0.1) is 5.92 Å². The van der Waals surface area contributed by atoms with Crippen molar-refractivity contribution in [1.82, 2.24) is 0 Å². The Hall–Kier alpha value is -1.32. The zero-order chi connectivity index (χ0) is 13.5. The number of carbonyl (C=O) groups is 1. The van der Waals surface area contributed by atoms with E-state index in [9.17, 15) is 9.90 Å². The van der Waals surface area contributed by atoms with Crippen molar-refractivity contribution < 1.29 is 28.0 Å². The van der Waals surface area contributed by atoms with Gasteiger partial charge in [-0.3, -0.25) is 0 Å². The highest BCUT2D eigenvalue weighted by Crippen LogP contribution is 2.21. The molecule has 0 aromatic heterocycles. The van der Waals surface area contributed by atoms with Crippen LogP contribution in [0.15, 0.2) is 41.5 Å². The zero-order valence-corrected chi connectivity index (χ0v) is 12.3. The van der Waals surface area contributed by atoms with E-state index in [0.717, 1.165) is 24.1 Å². The molecule has 1 aromatic carbocycles. The van der Waals surface area contributed by atoms with Gasteiger partial charge in [0, 0.05) is 12.0 Å². The molecular formula is C15H22ClNO2. The number of benzene rings is 1. The molecule has 3 nitrogen and oxygen atoms in total. The quantitative estimate of drug-likeness (QED) is 0.651. The minimum Gasteiger partial charge on any atom is -1.00 e. The zero-order valence-electron chi connectivity index (χ0n) is 11.5. The van der Waals surface area contributed by atoms with Crippen LogP contribution in [-0.4, -0.2) is 17.6 Å². The SMILES string of the molecule is CC(C)C(C(=O)O)=C(CC[NH3+])Cc1ccccc1.[Cl-]. The molecule has 1 rings (SSSR count). The van der Waals surface area contributed by atoms with Crippen LogP contribution in [0.25, 0.3) is 0 Å². The molecule has 0 heterocycles. The Balaban J connectivity index is 0.00000324. The molecule has 0 atom stereocenters. The number of aliphatic carboxylic acids is 1. The van der Waals surface area contributed by atoms with Crippen molar-refractivity contribution in [3.8, 4) is 0 Å². The molecule has 0 saturated carbocycles. The first-order valence-electron chi connectivity index (χ1n) is 6.34. The Morgan fingerprint density at radius 3 is 2.26 bits per heavy atom. The summed E-state index contributed by atoms with van der Waals surface area (Å²) in [5, 5.41) is 9.34. The van der Waals surface area contributed by atoms with Gasteiger partial charge in [0.05, 0.1) is 6.54 Å². The van der Waals surface area contributed by atoms with Crippen LogP contribution in [0.2, 0.25) is 0 Å². The van der Waals surface area contributed by atoms with Crippen molar-refractivity contribution in [1.29, 1.82) is 0 Å². The summed E-state index contributed by atoms with van der Waals surface area (Å²) in [5.74, 6) is -0.767. The number of halogens is 1. The summed E-state index contributed by atoms with van der Waals surface area (Å²) in [6.45, 7) is 4.58. The van der Waals surface area contributed by atoms with E-state index < -0.39 is 5.97 Å². The van der Waals surface area contributed by atoms with Crippen LogP contribution >= 0.6 is 0 Å². The third kappa shape index (κ3) is 5.45. The predicted molar refractivity (Wildman–Crippen MR) is 72.0 cm³/mol. The Morgan fingerprint density at radius 1 is 1.26 bits per heavy atom. The standard InChI is InChI=1S/C15H21NO2.ClH/c1-11(2)14(15(17)18)13(8-9-16)10-12-6-4-3-5-7-12;/h3-7,11H,8-10,16H2,1-2H3,(H,17,18);1H. The number of rotatable bonds is 6. The van der Waals surface area contributed by atoms with Crippen molar-refractivity contribution in [3.05, 3.63) is 47.0 Å². The maximum atomic E-state index is 11.4. The lowest BCUT2D eigenvalue weighted by Crippen LogP contribution is -3.00. The van der Waals surface area contributed by atoms with Crippen molar-refractivity contribution in [2.45, 2.75) is 26.7 Å². The van der Waals surface area contributed by atoms with Gasteiger partial charge in [-0.2, -0.15) is 0 Å². The summed E-state index contributed by atoms with van der Waals surface area (Å²) >= 11 is 0. The van der Waals surface area contributed by atoms with Gasteiger partial charge in [0.2, 0.25) is 0 Å². The van der Waals surface area contributed by atoms with Gasteiger partial charge in [0.15, 0.2) is 0 Å². The molecule has 0 aliphatic rings. The first-order chi connectivity index (χ1) is 8.56. The highest BCUT2D eigenvalue weighted by molar-refractivity contribution is 5.88. The number of hydrogen-bond acceptors (Lipinski definition) is 1.